The van der Waals surface area contributed by atoms with E-state index in [4.69, 9.17) is 27.9 Å². The van der Waals surface area contributed by atoms with Crippen molar-refractivity contribution in [2.75, 3.05) is 0 Å². The van der Waals surface area contributed by atoms with E-state index in [1.54, 1.807) is 12.1 Å². The van der Waals surface area contributed by atoms with Crippen molar-refractivity contribution >= 4 is 40.0 Å². The number of imidazole rings is 1. The summed E-state index contributed by atoms with van der Waals surface area (Å²) in [5.41, 5.74) is 4.24. The Kier molecular flexibility index (Phi) is 6.01. The number of fused-ring (bicyclic) bond motifs is 1. The van der Waals surface area contributed by atoms with Crippen LogP contribution in [-0.2, 0) is 7.05 Å². The molecule has 1 aromatic heterocycles. The number of aryl methyl sites for hydroxylation is 2. The highest BCUT2D eigenvalue weighted by atomic mass is 35.5. The summed E-state index contributed by atoms with van der Waals surface area (Å²) in [7, 11) is 1.92. The van der Waals surface area contributed by atoms with E-state index in [9.17, 15) is 4.79 Å². The number of carbonyl (C=O) groups excluding carboxylic acids is 1. The van der Waals surface area contributed by atoms with Crippen molar-refractivity contribution in [2.45, 2.75) is 46.5 Å². The minimum absolute atomic E-state index is 0.0409. The average Bonchev–Trinajstić information content (AvgIpc) is 2.98. The number of carbonyl (C=O) groups is 1. The van der Waals surface area contributed by atoms with Gasteiger partial charge in [-0.1, -0.05) is 43.1 Å². The van der Waals surface area contributed by atoms with E-state index < -0.39 is 0 Å². The van der Waals surface area contributed by atoms with Gasteiger partial charge < -0.3 is 4.74 Å². The fourth-order valence-electron chi connectivity index (χ4n) is 3.60. The maximum absolute atomic E-state index is 11.7. The number of benzene rings is 2. The van der Waals surface area contributed by atoms with Crippen LogP contribution >= 0.6 is 23.2 Å². The summed E-state index contributed by atoms with van der Waals surface area (Å²) in [6, 6.07) is 7.78. The van der Waals surface area contributed by atoms with Gasteiger partial charge in [0.25, 0.3) is 0 Å². The predicted octanol–water partition coefficient (Wildman–Crippen LogP) is 7.09. The van der Waals surface area contributed by atoms with Gasteiger partial charge in [0, 0.05) is 12.6 Å². The molecule has 6 heteroatoms. The van der Waals surface area contributed by atoms with E-state index >= 15 is 0 Å². The van der Waals surface area contributed by atoms with Gasteiger partial charge in [-0.2, -0.15) is 4.98 Å². The van der Waals surface area contributed by atoms with E-state index in [0.29, 0.717) is 33.3 Å². The molecule has 0 radical (unpaired) electrons. The second kappa shape index (κ2) is 8.14. The number of hydrogen-bond donors (Lipinski definition) is 0. The molecular formula is C22H24Cl2N2O2. The van der Waals surface area contributed by atoms with Gasteiger partial charge in [-0.15, -0.1) is 0 Å². The molecule has 28 heavy (non-hydrogen) atoms. The predicted molar refractivity (Wildman–Crippen MR) is 115 cm³/mol. The minimum atomic E-state index is -0.0409. The van der Waals surface area contributed by atoms with Gasteiger partial charge >= 0.3 is 6.01 Å². The lowest BCUT2D eigenvalue weighted by Gasteiger charge is -2.16. The van der Waals surface area contributed by atoms with Gasteiger partial charge in [-0.25, -0.2) is 0 Å². The molecule has 0 fully saturated rings. The van der Waals surface area contributed by atoms with Gasteiger partial charge in [0.1, 0.15) is 5.52 Å². The van der Waals surface area contributed by atoms with Gasteiger partial charge in [-0.3, -0.25) is 9.36 Å². The fourth-order valence-corrected chi connectivity index (χ4v) is 4.10. The first-order valence-corrected chi connectivity index (χ1v) is 10.2. The Hall–Kier alpha value is -2.04. The molecule has 3 rings (SSSR count). The summed E-state index contributed by atoms with van der Waals surface area (Å²) in [4.78, 5) is 16.3. The number of halogens is 2. The first-order valence-electron chi connectivity index (χ1n) is 9.42. The maximum Gasteiger partial charge on any atom is 0.302 e. The van der Waals surface area contributed by atoms with Gasteiger partial charge in [0.15, 0.2) is 11.5 Å². The van der Waals surface area contributed by atoms with E-state index in [1.807, 2.05) is 24.6 Å². The topological polar surface area (TPSA) is 44.1 Å². The van der Waals surface area contributed by atoms with Crippen molar-refractivity contribution in [2.24, 2.45) is 7.05 Å². The molecule has 0 amide bonds. The molecule has 0 bridgehead atoms. The molecule has 0 atom stereocenters. The van der Waals surface area contributed by atoms with E-state index in [2.05, 4.69) is 24.9 Å². The Morgan fingerprint density at radius 2 is 1.86 bits per heavy atom. The Labute approximate surface area is 175 Å². The largest absolute Gasteiger partial charge is 0.424 e. The second-order valence-corrected chi connectivity index (χ2v) is 7.88. The normalized spacial score (nSPS) is 11.4. The van der Waals surface area contributed by atoms with Crippen LogP contribution in [0.5, 0.6) is 11.8 Å². The molecule has 3 aromatic rings. The highest BCUT2D eigenvalue weighted by Gasteiger charge is 2.21. The smallest absolute Gasteiger partial charge is 0.302 e. The Bertz CT molecular complexity index is 1030. The van der Waals surface area contributed by atoms with Crippen molar-refractivity contribution in [1.82, 2.24) is 9.55 Å². The fraction of sp³-hybridized carbons (Fsp3) is 0.364. The third kappa shape index (κ3) is 3.63. The molecule has 2 aromatic carbocycles. The second-order valence-electron chi connectivity index (χ2n) is 7.06. The lowest BCUT2D eigenvalue weighted by atomic mass is 9.93. The third-order valence-corrected chi connectivity index (χ3v) is 5.80. The van der Waals surface area contributed by atoms with Crippen LogP contribution in [-0.4, -0.2) is 15.3 Å². The zero-order valence-electron chi connectivity index (χ0n) is 16.8. The monoisotopic (exact) mass is 418 g/mol. The van der Waals surface area contributed by atoms with E-state index in [-0.39, 0.29) is 5.78 Å². The highest BCUT2D eigenvalue weighted by molar-refractivity contribution is 6.35. The van der Waals surface area contributed by atoms with Crippen LogP contribution in [0.25, 0.3) is 11.0 Å². The van der Waals surface area contributed by atoms with E-state index in [0.717, 1.165) is 29.4 Å². The van der Waals surface area contributed by atoms with Crippen LogP contribution in [0, 0.1) is 6.92 Å². The molecule has 0 unspecified atom stereocenters. The van der Waals surface area contributed by atoms with Gasteiger partial charge in [-0.05, 0) is 61.9 Å². The van der Waals surface area contributed by atoms with E-state index in [1.165, 1.54) is 12.5 Å². The molecule has 0 aliphatic carbocycles. The number of ether oxygens (including phenoxy) is 1. The number of ketones is 1. The Morgan fingerprint density at radius 3 is 2.43 bits per heavy atom. The molecule has 0 N–H and O–H groups in total. The van der Waals surface area contributed by atoms with Crippen molar-refractivity contribution < 1.29 is 9.53 Å². The first-order chi connectivity index (χ1) is 13.3. The third-order valence-electron chi connectivity index (χ3n) is 5.22. The minimum Gasteiger partial charge on any atom is -0.424 e. The molecular weight excluding hydrogens is 395 g/mol. The molecule has 0 aliphatic rings. The molecule has 4 nitrogen and oxygen atoms in total. The van der Waals surface area contributed by atoms with Crippen molar-refractivity contribution in [3.05, 3.63) is 51.0 Å². The van der Waals surface area contributed by atoms with Crippen LogP contribution in [0.1, 0.15) is 61.0 Å². The molecule has 0 saturated carbocycles. The summed E-state index contributed by atoms with van der Waals surface area (Å²) < 4.78 is 8.02. The van der Waals surface area contributed by atoms with Crippen LogP contribution in [0.3, 0.4) is 0 Å². The summed E-state index contributed by atoms with van der Waals surface area (Å²) in [6.07, 6.45) is 2.07. The number of hydrogen-bond acceptors (Lipinski definition) is 3. The van der Waals surface area contributed by atoms with Crippen molar-refractivity contribution in [3.63, 3.8) is 0 Å². The number of rotatable bonds is 6. The van der Waals surface area contributed by atoms with Crippen molar-refractivity contribution in [1.29, 1.82) is 0 Å². The first kappa shape index (κ1) is 20.7. The maximum atomic E-state index is 11.7. The van der Waals surface area contributed by atoms with Crippen LogP contribution < -0.4 is 4.74 Å². The molecule has 0 aliphatic heterocycles. The SMILES string of the molecule is CCC(CC)c1ccc(Cl)c2nc(Oc3c(C)cc(C(C)=O)cc3Cl)n(C)c12. The molecule has 0 saturated heterocycles. The molecule has 0 spiro atoms. The zero-order valence-corrected chi connectivity index (χ0v) is 18.3. The number of nitrogens with zero attached hydrogens (tertiary/aromatic N) is 2. The Morgan fingerprint density at radius 1 is 1.18 bits per heavy atom. The molecule has 148 valence electrons. The summed E-state index contributed by atoms with van der Waals surface area (Å²) in [6.45, 7) is 7.74. The van der Waals surface area contributed by atoms with Crippen LogP contribution in [0.15, 0.2) is 24.3 Å². The summed E-state index contributed by atoms with van der Waals surface area (Å²) in [5.74, 6) is 0.870. The number of Topliss-reactive ketones (excluding diaryl/α,β-unsaturated/α-hetero) is 1. The summed E-state index contributed by atoms with van der Waals surface area (Å²) >= 11 is 12.8. The van der Waals surface area contributed by atoms with Gasteiger partial charge in [0.05, 0.1) is 15.6 Å². The van der Waals surface area contributed by atoms with Gasteiger partial charge in [0.2, 0.25) is 0 Å². The van der Waals surface area contributed by atoms with Crippen LogP contribution in [0.4, 0.5) is 0 Å². The van der Waals surface area contributed by atoms with Crippen molar-refractivity contribution in [3.8, 4) is 11.8 Å². The lowest BCUT2D eigenvalue weighted by Crippen LogP contribution is -2.02. The average molecular weight is 419 g/mol. The number of aromatic nitrogens is 2. The molecule has 1 heterocycles. The standard InChI is InChI=1S/C22H24Cl2N2O2/c1-6-14(7-2)16-8-9-17(23)19-20(16)26(5)22(25-19)28-21-12(3)10-15(13(4)27)11-18(21)24/h8-11,14H,6-7H2,1-5H3. The zero-order chi connectivity index (χ0) is 20.6. The summed E-state index contributed by atoms with van der Waals surface area (Å²) in [5, 5.41) is 0.966. The lowest BCUT2D eigenvalue weighted by molar-refractivity contribution is 0.101. The quantitative estimate of drug-likeness (QED) is 0.401. The Balaban J connectivity index is 2.13. The van der Waals surface area contributed by atoms with Crippen LogP contribution in [0.2, 0.25) is 10.0 Å². The highest BCUT2D eigenvalue weighted by Crippen LogP contribution is 2.38.